The van der Waals surface area contributed by atoms with Crippen molar-refractivity contribution in [3.05, 3.63) is 41.7 Å². The summed E-state index contributed by atoms with van der Waals surface area (Å²) in [6.45, 7) is 4.08. The van der Waals surface area contributed by atoms with Crippen molar-refractivity contribution in [3.63, 3.8) is 0 Å². The second-order valence-electron chi connectivity index (χ2n) is 4.92. The largest absolute Gasteiger partial charge is 0.460 e. The Labute approximate surface area is 148 Å². The predicted octanol–water partition coefficient (Wildman–Crippen LogP) is 4.61. The third-order valence-electron chi connectivity index (χ3n) is 3.34. The van der Waals surface area contributed by atoms with Gasteiger partial charge in [0.25, 0.3) is 0 Å². The molecule has 0 fully saturated rings. The van der Waals surface area contributed by atoms with Crippen LogP contribution in [0.2, 0.25) is 0 Å². The number of carbonyl (C=O) groups is 1. The molecule has 0 bridgehead atoms. The Morgan fingerprint density at radius 3 is 2.96 bits per heavy atom. The van der Waals surface area contributed by atoms with Gasteiger partial charge in [-0.05, 0) is 17.9 Å². The number of aromatic nitrogens is 2. The molecule has 1 N–H and O–H groups in total. The summed E-state index contributed by atoms with van der Waals surface area (Å²) in [4.78, 5) is 12.1. The smallest absolute Gasteiger partial charge is 0.250 e. The number of furan rings is 1. The molecular weight excluding hydrogens is 342 g/mol. The maximum atomic E-state index is 12.1. The zero-order chi connectivity index (χ0) is 16.9. The summed E-state index contributed by atoms with van der Waals surface area (Å²) in [5.41, 5.74) is 1.78. The first-order valence-corrected chi connectivity index (χ1v) is 9.47. The molecule has 24 heavy (non-hydrogen) atoms. The van der Waals surface area contributed by atoms with Crippen molar-refractivity contribution in [1.29, 1.82) is 0 Å². The van der Waals surface area contributed by atoms with E-state index in [0.29, 0.717) is 5.13 Å². The molecule has 0 aliphatic rings. The molecule has 3 aromatic rings. The zero-order valence-corrected chi connectivity index (χ0v) is 15.0. The van der Waals surface area contributed by atoms with E-state index in [1.807, 2.05) is 38.1 Å². The Bertz CT molecular complexity index is 883. The second-order valence-corrected chi connectivity index (χ2v) is 7.41. The third-order valence-corrected chi connectivity index (χ3v) is 5.19. The first-order valence-electron chi connectivity index (χ1n) is 7.67. The molecule has 0 saturated carbocycles. The van der Waals surface area contributed by atoms with E-state index in [-0.39, 0.29) is 5.91 Å². The maximum absolute atomic E-state index is 12.1. The van der Waals surface area contributed by atoms with Crippen LogP contribution in [0.5, 0.6) is 0 Å². The number of hydrogen-bond donors (Lipinski definition) is 1. The lowest BCUT2D eigenvalue weighted by Crippen LogP contribution is -2.07. The van der Waals surface area contributed by atoms with Gasteiger partial charge >= 0.3 is 0 Å². The number of para-hydroxylation sites is 1. The molecule has 3 rings (SSSR count). The van der Waals surface area contributed by atoms with Crippen LogP contribution in [0.4, 0.5) is 5.13 Å². The van der Waals surface area contributed by atoms with Gasteiger partial charge in [-0.15, -0.1) is 10.2 Å². The van der Waals surface area contributed by atoms with Gasteiger partial charge in [0.05, 0.1) is 0 Å². The topological polar surface area (TPSA) is 68.0 Å². The highest BCUT2D eigenvalue weighted by Crippen LogP contribution is 2.28. The SMILES string of the molecule is CCSc1nnc(NC(=O)/C=C/c2c(CC)oc3ccccc23)s1. The fraction of sp³-hybridized carbons (Fsp3) is 0.235. The number of nitrogens with one attached hydrogen (secondary N) is 1. The van der Waals surface area contributed by atoms with E-state index in [4.69, 9.17) is 4.42 Å². The lowest BCUT2D eigenvalue weighted by molar-refractivity contribution is -0.111. The Hall–Kier alpha value is -2.12. The van der Waals surface area contributed by atoms with Gasteiger partial charge in [-0.2, -0.15) is 0 Å². The highest BCUT2D eigenvalue weighted by atomic mass is 32.2. The zero-order valence-electron chi connectivity index (χ0n) is 13.4. The van der Waals surface area contributed by atoms with Gasteiger partial charge in [0, 0.05) is 23.4 Å². The molecule has 2 heterocycles. The van der Waals surface area contributed by atoms with Gasteiger partial charge in [-0.1, -0.05) is 55.1 Å². The Morgan fingerprint density at radius 1 is 1.33 bits per heavy atom. The number of nitrogens with zero attached hydrogens (tertiary/aromatic N) is 2. The normalized spacial score (nSPS) is 11.4. The average molecular weight is 359 g/mol. The number of amides is 1. The van der Waals surface area contributed by atoms with Gasteiger partial charge in [0.15, 0.2) is 4.34 Å². The number of thioether (sulfide) groups is 1. The van der Waals surface area contributed by atoms with Crippen LogP contribution in [0.3, 0.4) is 0 Å². The van der Waals surface area contributed by atoms with Crippen LogP contribution in [0.15, 0.2) is 39.1 Å². The summed E-state index contributed by atoms with van der Waals surface area (Å²) in [6.07, 6.45) is 4.07. The van der Waals surface area contributed by atoms with Crippen LogP contribution in [-0.4, -0.2) is 21.9 Å². The molecule has 0 atom stereocenters. The van der Waals surface area contributed by atoms with E-state index in [1.54, 1.807) is 17.8 Å². The Kier molecular flexibility index (Phi) is 5.32. The lowest BCUT2D eigenvalue weighted by Gasteiger charge is -1.96. The second kappa shape index (κ2) is 7.63. The van der Waals surface area contributed by atoms with Crippen molar-refractivity contribution in [2.45, 2.75) is 24.6 Å². The predicted molar refractivity (Wildman–Crippen MR) is 99.6 cm³/mol. The Morgan fingerprint density at radius 2 is 2.17 bits per heavy atom. The molecule has 0 spiro atoms. The standard InChI is InChI=1S/C17H17N3O2S2/c1-3-13-12(11-7-5-6-8-14(11)22-13)9-10-15(21)18-16-19-20-17(24-16)23-4-2/h5-10H,3-4H2,1-2H3,(H,18,19,21)/b10-9+. The minimum Gasteiger partial charge on any atom is -0.460 e. The summed E-state index contributed by atoms with van der Waals surface area (Å²) in [6, 6.07) is 7.82. The molecule has 1 aromatic carbocycles. The Balaban J connectivity index is 1.76. The average Bonchev–Trinajstić information content (AvgIpc) is 3.17. The molecular formula is C17H17N3O2S2. The van der Waals surface area contributed by atoms with Gasteiger partial charge in [0.1, 0.15) is 11.3 Å². The molecule has 0 unspecified atom stereocenters. The van der Waals surface area contributed by atoms with Crippen molar-refractivity contribution in [2.24, 2.45) is 0 Å². The lowest BCUT2D eigenvalue weighted by atomic mass is 10.1. The highest BCUT2D eigenvalue weighted by Gasteiger charge is 2.11. The maximum Gasteiger partial charge on any atom is 0.250 e. The summed E-state index contributed by atoms with van der Waals surface area (Å²) < 4.78 is 6.68. The van der Waals surface area contributed by atoms with Crippen molar-refractivity contribution in [2.75, 3.05) is 11.1 Å². The third kappa shape index (κ3) is 3.68. The van der Waals surface area contributed by atoms with Crippen LogP contribution in [0, 0.1) is 0 Å². The van der Waals surface area contributed by atoms with Crippen LogP contribution in [0.25, 0.3) is 17.0 Å². The first-order chi connectivity index (χ1) is 11.7. The van der Waals surface area contributed by atoms with E-state index in [2.05, 4.69) is 15.5 Å². The molecule has 2 aromatic heterocycles. The van der Waals surface area contributed by atoms with E-state index in [9.17, 15) is 4.79 Å². The summed E-state index contributed by atoms with van der Waals surface area (Å²) in [5.74, 6) is 1.57. The number of aryl methyl sites for hydroxylation is 1. The van der Waals surface area contributed by atoms with E-state index in [1.165, 1.54) is 17.4 Å². The number of rotatable bonds is 6. The molecule has 124 valence electrons. The van der Waals surface area contributed by atoms with Crippen LogP contribution in [-0.2, 0) is 11.2 Å². The minimum absolute atomic E-state index is 0.230. The number of fused-ring (bicyclic) bond motifs is 1. The van der Waals surface area contributed by atoms with Gasteiger partial charge in [-0.25, -0.2) is 0 Å². The van der Waals surface area contributed by atoms with Crippen molar-refractivity contribution in [3.8, 4) is 0 Å². The molecule has 1 amide bonds. The molecule has 5 nitrogen and oxygen atoms in total. The molecule has 0 saturated heterocycles. The number of carbonyl (C=O) groups excluding carboxylic acids is 1. The van der Waals surface area contributed by atoms with E-state index >= 15 is 0 Å². The van der Waals surface area contributed by atoms with Crippen LogP contribution < -0.4 is 5.32 Å². The summed E-state index contributed by atoms with van der Waals surface area (Å²) in [7, 11) is 0. The molecule has 7 heteroatoms. The number of anilines is 1. The van der Waals surface area contributed by atoms with Crippen LogP contribution in [0.1, 0.15) is 25.2 Å². The van der Waals surface area contributed by atoms with Crippen molar-refractivity contribution in [1.82, 2.24) is 10.2 Å². The van der Waals surface area contributed by atoms with Gasteiger partial charge in [0.2, 0.25) is 11.0 Å². The molecule has 0 aliphatic carbocycles. The van der Waals surface area contributed by atoms with Crippen molar-refractivity contribution >= 4 is 51.2 Å². The van der Waals surface area contributed by atoms with E-state index in [0.717, 1.165) is 38.8 Å². The first kappa shape index (κ1) is 16.7. The summed E-state index contributed by atoms with van der Waals surface area (Å²) >= 11 is 2.98. The quantitative estimate of drug-likeness (QED) is 0.395. The number of benzene rings is 1. The number of hydrogen-bond acceptors (Lipinski definition) is 6. The monoisotopic (exact) mass is 359 g/mol. The van der Waals surface area contributed by atoms with Crippen molar-refractivity contribution < 1.29 is 9.21 Å². The fourth-order valence-corrected chi connectivity index (χ4v) is 3.96. The van der Waals surface area contributed by atoms with Gasteiger partial charge < -0.3 is 4.42 Å². The van der Waals surface area contributed by atoms with Crippen LogP contribution >= 0.6 is 23.1 Å². The summed E-state index contributed by atoms with van der Waals surface area (Å²) in [5, 5.41) is 12.2. The minimum atomic E-state index is -0.230. The van der Waals surface area contributed by atoms with E-state index < -0.39 is 0 Å². The fourth-order valence-electron chi connectivity index (χ4n) is 2.31. The molecule has 0 radical (unpaired) electrons. The molecule has 0 aliphatic heterocycles. The highest BCUT2D eigenvalue weighted by molar-refractivity contribution is 8.01. The van der Waals surface area contributed by atoms with Gasteiger partial charge in [-0.3, -0.25) is 10.1 Å².